The average molecular weight is 306 g/mol. The Morgan fingerprint density at radius 2 is 1.95 bits per heavy atom. The van der Waals surface area contributed by atoms with Gasteiger partial charge in [0.25, 0.3) is 0 Å². The van der Waals surface area contributed by atoms with Crippen molar-refractivity contribution in [2.75, 3.05) is 0 Å². The molecule has 1 saturated heterocycles. The van der Waals surface area contributed by atoms with Gasteiger partial charge in [0.05, 0.1) is 12.0 Å². The maximum absolute atomic E-state index is 11.7. The van der Waals surface area contributed by atoms with Crippen molar-refractivity contribution >= 4 is 11.9 Å². The van der Waals surface area contributed by atoms with Crippen LogP contribution in [0.15, 0.2) is 35.5 Å². The van der Waals surface area contributed by atoms with Gasteiger partial charge in [-0.2, -0.15) is 0 Å². The topological polar surface area (TPSA) is 72.8 Å². The van der Waals surface area contributed by atoms with Crippen LogP contribution in [0.2, 0.25) is 0 Å². The first-order valence-electron chi connectivity index (χ1n) is 7.37. The molecule has 1 aliphatic carbocycles. The minimum absolute atomic E-state index is 0.312. The zero-order chi connectivity index (χ0) is 16.4. The smallest absolute Gasteiger partial charge is 0.334 e. The van der Waals surface area contributed by atoms with E-state index in [9.17, 15) is 14.7 Å². The predicted molar refractivity (Wildman–Crippen MR) is 80.8 cm³/mol. The molecule has 4 atom stereocenters. The Hall–Kier alpha value is -1.88. The van der Waals surface area contributed by atoms with E-state index in [4.69, 9.17) is 9.47 Å². The number of rotatable bonds is 1. The largest absolute Gasteiger partial charge is 0.458 e. The van der Waals surface area contributed by atoms with Crippen molar-refractivity contribution < 1.29 is 24.2 Å². The Bertz CT molecular complexity index is 557. The minimum atomic E-state index is -0.764. The molecule has 0 radical (unpaired) electrons. The van der Waals surface area contributed by atoms with Crippen molar-refractivity contribution in [3.8, 4) is 0 Å². The first-order valence-corrected chi connectivity index (χ1v) is 7.37. The van der Waals surface area contributed by atoms with Gasteiger partial charge in [-0.25, -0.2) is 4.79 Å². The molecule has 2 aliphatic rings. The Kier molecular flexibility index (Phi) is 4.86. The minimum Gasteiger partial charge on any atom is -0.458 e. The predicted octanol–water partition coefficient (Wildman–Crippen LogP) is 2.06. The summed E-state index contributed by atoms with van der Waals surface area (Å²) in [5, 5.41) is 10.4. The zero-order valence-electron chi connectivity index (χ0n) is 13.2. The fraction of sp³-hybridized carbons (Fsp3) is 0.529. The van der Waals surface area contributed by atoms with Crippen LogP contribution in [-0.4, -0.2) is 35.4 Å². The number of ether oxygens (including phenoxy) is 2. The number of carbonyl (C=O) groups excluding carboxylic acids is 2. The first-order chi connectivity index (χ1) is 10.3. The molecule has 1 aliphatic heterocycles. The third kappa shape index (κ3) is 3.65. The van der Waals surface area contributed by atoms with Crippen molar-refractivity contribution in [2.45, 2.75) is 51.9 Å². The molecule has 0 aromatic rings. The van der Waals surface area contributed by atoms with Gasteiger partial charge in [-0.1, -0.05) is 17.7 Å². The summed E-state index contributed by atoms with van der Waals surface area (Å²) in [7, 11) is 0. The van der Waals surface area contributed by atoms with Gasteiger partial charge in [0.2, 0.25) is 0 Å². The van der Waals surface area contributed by atoms with E-state index in [1.54, 1.807) is 0 Å². The van der Waals surface area contributed by atoms with Gasteiger partial charge in [0.15, 0.2) is 0 Å². The van der Waals surface area contributed by atoms with Crippen LogP contribution >= 0.6 is 0 Å². The quantitative estimate of drug-likeness (QED) is 0.456. The monoisotopic (exact) mass is 306 g/mol. The van der Waals surface area contributed by atoms with Crippen LogP contribution in [0.4, 0.5) is 0 Å². The summed E-state index contributed by atoms with van der Waals surface area (Å²) >= 11 is 0. The lowest BCUT2D eigenvalue weighted by Gasteiger charge is -2.24. The van der Waals surface area contributed by atoms with E-state index >= 15 is 0 Å². The summed E-state index contributed by atoms with van der Waals surface area (Å²) < 4.78 is 10.6. The van der Waals surface area contributed by atoms with Gasteiger partial charge in [0.1, 0.15) is 12.2 Å². The summed E-state index contributed by atoms with van der Waals surface area (Å²) in [6.45, 7) is 8.88. The summed E-state index contributed by atoms with van der Waals surface area (Å²) in [6, 6.07) is 0. The van der Waals surface area contributed by atoms with E-state index in [0.29, 0.717) is 18.4 Å². The van der Waals surface area contributed by atoms with E-state index in [1.165, 1.54) is 6.92 Å². The molecule has 0 bridgehead atoms. The molecule has 0 amide bonds. The number of hydrogen-bond acceptors (Lipinski definition) is 5. The van der Waals surface area contributed by atoms with Gasteiger partial charge in [-0.15, -0.1) is 0 Å². The summed E-state index contributed by atoms with van der Waals surface area (Å²) in [5.41, 5.74) is 2.15. The molecule has 1 fully saturated rings. The maximum atomic E-state index is 11.7. The molecule has 120 valence electrons. The van der Waals surface area contributed by atoms with E-state index in [1.807, 2.05) is 26.0 Å². The van der Waals surface area contributed by atoms with E-state index < -0.39 is 24.1 Å². The SMILES string of the molecule is C=C1C(=O)O[C@@H]2/C=C(\C)C[C@H](OC(C)=O)/C=C(\C)C[C@@H](O)[C@@H]12. The Labute approximate surface area is 130 Å². The first kappa shape index (κ1) is 16.5. The number of carbonyl (C=O) groups is 2. The Morgan fingerprint density at radius 1 is 1.32 bits per heavy atom. The Morgan fingerprint density at radius 3 is 2.59 bits per heavy atom. The van der Waals surface area contributed by atoms with Gasteiger partial charge >= 0.3 is 11.9 Å². The van der Waals surface area contributed by atoms with Gasteiger partial charge < -0.3 is 14.6 Å². The molecule has 5 nitrogen and oxygen atoms in total. The highest BCUT2D eigenvalue weighted by Crippen LogP contribution is 2.34. The molecule has 1 N–H and O–H groups in total. The molecule has 5 heteroatoms. The van der Waals surface area contributed by atoms with E-state index in [2.05, 4.69) is 6.58 Å². The van der Waals surface area contributed by atoms with Crippen molar-refractivity contribution in [3.63, 3.8) is 0 Å². The lowest BCUT2D eigenvalue weighted by atomic mass is 9.85. The third-order valence-electron chi connectivity index (χ3n) is 3.97. The molecule has 2 rings (SSSR count). The van der Waals surface area contributed by atoms with Crippen LogP contribution in [0.5, 0.6) is 0 Å². The standard InChI is InChI=1S/C17H22O5/c1-9-5-13(21-12(4)18)6-10(2)8-15-16(14(19)7-9)11(3)17(20)22-15/h5,8,13-16,19H,3,6-7H2,1-2,4H3/b9-5+,10-8+/t13-,14-,15-,16-/m1/s1. The highest BCUT2D eigenvalue weighted by Gasteiger charge is 2.42. The normalized spacial score (nSPS) is 37.3. The lowest BCUT2D eigenvalue weighted by molar-refractivity contribution is -0.144. The number of hydrogen-bond donors (Lipinski definition) is 1. The Balaban J connectivity index is 2.33. The molecule has 1 heterocycles. The van der Waals surface area contributed by atoms with Gasteiger partial charge in [-0.05, 0) is 32.4 Å². The maximum Gasteiger partial charge on any atom is 0.334 e. The zero-order valence-corrected chi connectivity index (χ0v) is 13.2. The van der Waals surface area contributed by atoms with Gasteiger partial charge in [-0.3, -0.25) is 4.79 Å². The highest BCUT2D eigenvalue weighted by molar-refractivity contribution is 5.91. The second-order valence-electron chi connectivity index (χ2n) is 6.07. The molecule has 0 aromatic carbocycles. The van der Waals surface area contributed by atoms with E-state index in [-0.39, 0.29) is 12.1 Å². The summed E-state index contributed by atoms with van der Waals surface area (Å²) in [6.07, 6.45) is 2.91. The van der Waals surface area contributed by atoms with Crippen molar-refractivity contribution in [2.24, 2.45) is 5.92 Å². The summed E-state index contributed by atoms with van der Waals surface area (Å²) in [5.74, 6) is -1.25. The van der Waals surface area contributed by atoms with Crippen LogP contribution < -0.4 is 0 Å². The second-order valence-corrected chi connectivity index (χ2v) is 6.07. The highest BCUT2D eigenvalue weighted by atomic mass is 16.6. The third-order valence-corrected chi connectivity index (χ3v) is 3.97. The van der Waals surface area contributed by atoms with Crippen LogP contribution in [0.3, 0.4) is 0 Å². The molecule has 0 aromatic heterocycles. The fourth-order valence-electron chi connectivity index (χ4n) is 3.05. The molecule has 22 heavy (non-hydrogen) atoms. The molecule has 0 spiro atoms. The molecular formula is C17H22O5. The van der Waals surface area contributed by atoms with Crippen LogP contribution in [0, 0.1) is 5.92 Å². The number of aliphatic hydroxyl groups is 1. The van der Waals surface area contributed by atoms with E-state index in [0.717, 1.165) is 11.1 Å². The average Bonchev–Trinajstić information content (AvgIpc) is 2.62. The van der Waals surface area contributed by atoms with Crippen LogP contribution in [0.1, 0.15) is 33.6 Å². The van der Waals surface area contributed by atoms with Crippen LogP contribution in [0.25, 0.3) is 0 Å². The second kappa shape index (κ2) is 6.48. The fourth-order valence-corrected chi connectivity index (χ4v) is 3.05. The number of fused-ring (bicyclic) bond motifs is 1. The summed E-state index contributed by atoms with van der Waals surface area (Å²) in [4.78, 5) is 22.9. The van der Waals surface area contributed by atoms with Gasteiger partial charge in [0, 0.05) is 18.9 Å². The molecule has 0 unspecified atom stereocenters. The molecule has 0 saturated carbocycles. The van der Waals surface area contributed by atoms with Crippen LogP contribution in [-0.2, 0) is 19.1 Å². The number of aliphatic hydroxyl groups excluding tert-OH is 1. The number of esters is 2. The van der Waals surface area contributed by atoms with Crippen molar-refractivity contribution in [1.82, 2.24) is 0 Å². The molecular weight excluding hydrogens is 284 g/mol. The lowest BCUT2D eigenvalue weighted by Crippen LogP contribution is -2.29. The van der Waals surface area contributed by atoms with Crippen molar-refractivity contribution in [1.29, 1.82) is 0 Å². The van der Waals surface area contributed by atoms with Crippen molar-refractivity contribution in [3.05, 3.63) is 35.5 Å².